The fraction of sp³-hybridized carbons (Fsp3) is 0.300. The van der Waals surface area contributed by atoms with Crippen molar-refractivity contribution in [2.24, 2.45) is 0 Å². The van der Waals surface area contributed by atoms with Gasteiger partial charge in [0.2, 0.25) is 0 Å². The number of aromatic amines is 1. The Labute approximate surface area is 161 Å². The topological polar surface area (TPSA) is 88.9 Å². The minimum atomic E-state index is -0.573. The molecule has 0 bridgehead atoms. The van der Waals surface area contributed by atoms with Crippen LogP contribution < -0.4 is 4.90 Å². The molecule has 3 aromatic rings. The van der Waals surface area contributed by atoms with Crippen molar-refractivity contribution in [1.82, 2.24) is 19.9 Å². The molecule has 1 N–H and O–H groups in total. The lowest BCUT2D eigenvalue weighted by molar-refractivity contribution is 0.0712. The lowest BCUT2D eigenvalue weighted by Gasteiger charge is -2.37. The van der Waals surface area contributed by atoms with Crippen LogP contribution >= 0.6 is 0 Å². The number of carbonyl (C=O) groups excluding carboxylic acids is 1. The van der Waals surface area contributed by atoms with Gasteiger partial charge in [0.05, 0.1) is 17.0 Å². The minimum Gasteiger partial charge on any atom is -0.356 e. The Hall–Kier alpha value is -3.47. The SMILES string of the molecule is CN(c1ncnc2[nH]ccc12)C1CCN(C(=O)c2cc(F)cc(C#N)c2)CC1. The first kappa shape index (κ1) is 17.9. The Balaban J connectivity index is 1.46. The number of hydrogen-bond acceptors (Lipinski definition) is 5. The number of halogens is 1. The number of likely N-dealkylation sites (tertiary alicyclic amines) is 1. The van der Waals surface area contributed by atoms with Gasteiger partial charge in [-0.3, -0.25) is 4.79 Å². The Morgan fingerprint density at radius 2 is 2.11 bits per heavy atom. The molecule has 0 aliphatic carbocycles. The third-order valence-corrected chi connectivity index (χ3v) is 5.24. The highest BCUT2D eigenvalue weighted by molar-refractivity contribution is 5.94. The van der Waals surface area contributed by atoms with Crippen LogP contribution in [0.15, 0.2) is 36.8 Å². The first-order valence-corrected chi connectivity index (χ1v) is 9.07. The van der Waals surface area contributed by atoms with Crippen molar-refractivity contribution in [2.45, 2.75) is 18.9 Å². The van der Waals surface area contributed by atoms with Crippen molar-refractivity contribution in [3.05, 3.63) is 53.7 Å². The van der Waals surface area contributed by atoms with E-state index in [1.807, 2.05) is 25.4 Å². The number of fused-ring (bicyclic) bond motifs is 1. The van der Waals surface area contributed by atoms with Gasteiger partial charge < -0.3 is 14.8 Å². The van der Waals surface area contributed by atoms with E-state index in [9.17, 15) is 9.18 Å². The van der Waals surface area contributed by atoms with Gasteiger partial charge in [-0.25, -0.2) is 14.4 Å². The summed E-state index contributed by atoms with van der Waals surface area (Å²) in [6.45, 7) is 1.13. The highest BCUT2D eigenvalue weighted by atomic mass is 19.1. The highest BCUT2D eigenvalue weighted by Crippen LogP contribution is 2.26. The van der Waals surface area contributed by atoms with Crippen LogP contribution in [0.25, 0.3) is 11.0 Å². The summed E-state index contributed by atoms with van der Waals surface area (Å²) in [6, 6.07) is 7.83. The average molecular weight is 378 g/mol. The van der Waals surface area contributed by atoms with Crippen LogP contribution in [-0.4, -0.2) is 51.9 Å². The number of benzene rings is 1. The first-order chi connectivity index (χ1) is 13.6. The maximum absolute atomic E-state index is 13.7. The number of nitrogens with zero attached hydrogens (tertiary/aromatic N) is 5. The zero-order valence-electron chi connectivity index (χ0n) is 15.4. The molecule has 0 saturated carbocycles. The van der Waals surface area contributed by atoms with E-state index in [1.54, 1.807) is 11.2 Å². The fourth-order valence-corrected chi connectivity index (χ4v) is 3.73. The second-order valence-corrected chi connectivity index (χ2v) is 6.91. The molecule has 0 unspecified atom stereocenters. The molecule has 1 aliphatic heterocycles. The summed E-state index contributed by atoms with van der Waals surface area (Å²) in [7, 11) is 2.00. The number of anilines is 1. The summed E-state index contributed by atoms with van der Waals surface area (Å²) in [5, 5.41) is 9.95. The van der Waals surface area contributed by atoms with Gasteiger partial charge in [0.15, 0.2) is 0 Å². The summed E-state index contributed by atoms with van der Waals surface area (Å²) in [5.41, 5.74) is 1.16. The minimum absolute atomic E-state index is 0.150. The molecule has 1 amide bonds. The Bertz CT molecular complexity index is 1060. The standard InChI is InChI=1S/C20H19FN6O/c1-26(19-17-2-5-23-18(17)24-12-25-19)16-3-6-27(7-4-16)20(28)14-8-13(11-22)9-15(21)10-14/h2,5,8-10,12,16H,3-4,6-7H2,1H3,(H,23,24,25). The lowest BCUT2D eigenvalue weighted by Crippen LogP contribution is -2.46. The van der Waals surface area contributed by atoms with E-state index < -0.39 is 5.82 Å². The zero-order chi connectivity index (χ0) is 19.7. The normalized spacial score (nSPS) is 14.8. The monoisotopic (exact) mass is 378 g/mol. The molecule has 8 heteroatoms. The van der Waals surface area contributed by atoms with Crippen molar-refractivity contribution in [1.29, 1.82) is 5.26 Å². The number of H-pyrrole nitrogens is 1. The van der Waals surface area contributed by atoms with Crippen LogP contribution in [0.1, 0.15) is 28.8 Å². The number of hydrogen-bond donors (Lipinski definition) is 1. The van der Waals surface area contributed by atoms with Gasteiger partial charge in [-0.1, -0.05) is 0 Å². The Morgan fingerprint density at radius 3 is 2.86 bits per heavy atom. The van der Waals surface area contributed by atoms with Crippen molar-refractivity contribution in [2.75, 3.05) is 25.0 Å². The van der Waals surface area contributed by atoms with Gasteiger partial charge >= 0.3 is 0 Å². The molecule has 0 atom stereocenters. The molecule has 1 aliphatic rings. The van der Waals surface area contributed by atoms with E-state index in [4.69, 9.17) is 5.26 Å². The van der Waals surface area contributed by atoms with E-state index in [0.717, 1.165) is 35.8 Å². The van der Waals surface area contributed by atoms with Gasteiger partial charge in [-0.05, 0) is 37.1 Å². The van der Waals surface area contributed by atoms with Gasteiger partial charge in [-0.15, -0.1) is 0 Å². The quantitative estimate of drug-likeness (QED) is 0.757. The number of nitriles is 1. The van der Waals surface area contributed by atoms with Gasteiger partial charge in [0, 0.05) is 37.9 Å². The molecule has 28 heavy (non-hydrogen) atoms. The predicted octanol–water partition coefficient (Wildman–Crippen LogP) is 2.71. The molecule has 2 aromatic heterocycles. The van der Waals surface area contributed by atoms with Crippen LogP contribution in [0, 0.1) is 17.1 Å². The summed E-state index contributed by atoms with van der Waals surface area (Å²) in [6.07, 6.45) is 4.93. The van der Waals surface area contributed by atoms with E-state index in [1.165, 1.54) is 12.1 Å². The molecule has 142 valence electrons. The Kier molecular flexibility index (Phi) is 4.65. The molecule has 1 aromatic carbocycles. The summed E-state index contributed by atoms with van der Waals surface area (Å²) in [5.74, 6) is 0.0447. The molecular formula is C20H19FN6O. The van der Waals surface area contributed by atoms with Gasteiger partial charge in [-0.2, -0.15) is 5.26 Å². The molecule has 0 radical (unpaired) electrons. The second kappa shape index (κ2) is 7.27. The molecule has 1 saturated heterocycles. The van der Waals surface area contributed by atoms with Crippen molar-refractivity contribution >= 4 is 22.8 Å². The number of carbonyl (C=O) groups is 1. The van der Waals surface area contributed by atoms with E-state index >= 15 is 0 Å². The number of piperidine rings is 1. The van der Waals surface area contributed by atoms with Crippen LogP contribution in [0.4, 0.5) is 10.2 Å². The van der Waals surface area contributed by atoms with Crippen LogP contribution in [0.5, 0.6) is 0 Å². The predicted molar refractivity (Wildman–Crippen MR) is 102 cm³/mol. The molecule has 4 rings (SSSR count). The largest absolute Gasteiger partial charge is 0.356 e. The highest BCUT2D eigenvalue weighted by Gasteiger charge is 2.27. The van der Waals surface area contributed by atoms with Crippen LogP contribution in [0.2, 0.25) is 0 Å². The van der Waals surface area contributed by atoms with Crippen molar-refractivity contribution in [3.63, 3.8) is 0 Å². The third kappa shape index (κ3) is 3.27. The molecular weight excluding hydrogens is 359 g/mol. The van der Waals surface area contributed by atoms with Gasteiger partial charge in [0.25, 0.3) is 5.91 Å². The molecule has 7 nitrogen and oxygen atoms in total. The first-order valence-electron chi connectivity index (χ1n) is 9.07. The number of nitrogens with one attached hydrogen (secondary N) is 1. The fourth-order valence-electron chi connectivity index (χ4n) is 3.73. The average Bonchev–Trinajstić information content (AvgIpc) is 3.21. The van der Waals surface area contributed by atoms with E-state index in [-0.39, 0.29) is 23.1 Å². The maximum Gasteiger partial charge on any atom is 0.254 e. The number of rotatable bonds is 3. The number of aromatic nitrogens is 3. The third-order valence-electron chi connectivity index (χ3n) is 5.24. The zero-order valence-corrected chi connectivity index (χ0v) is 15.4. The smallest absolute Gasteiger partial charge is 0.254 e. The summed E-state index contributed by atoms with van der Waals surface area (Å²) in [4.78, 5) is 28.3. The van der Waals surface area contributed by atoms with E-state index in [0.29, 0.717) is 13.1 Å². The molecule has 3 heterocycles. The maximum atomic E-state index is 13.7. The molecule has 0 spiro atoms. The van der Waals surface area contributed by atoms with Crippen LogP contribution in [-0.2, 0) is 0 Å². The van der Waals surface area contributed by atoms with Crippen molar-refractivity contribution < 1.29 is 9.18 Å². The van der Waals surface area contributed by atoms with Crippen LogP contribution in [0.3, 0.4) is 0 Å². The molecule has 1 fully saturated rings. The summed E-state index contributed by atoms with van der Waals surface area (Å²) < 4.78 is 13.7. The van der Waals surface area contributed by atoms with Crippen molar-refractivity contribution in [3.8, 4) is 6.07 Å². The Morgan fingerprint density at radius 1 is 1.32 bits per heavy atom. The van der Waals surface area contributed by atoms with Gasteiger partial charge in [0.1, 0.15) is 23.6 Å². The number of amides is 1. The summed E-state index contributed by atoms with van der Waals surface area (Å²) >= 11 is 0. The second-order valence-electron chi connectivity index (χ2n) is 6.91. The lowest BCUT2D eigenvalue weighted by atomic mass is 10.0. The van der Waals surface area contributed by atoms with E-state index in [2.05, 4.69) is 19.9 Å².